The van der Waals surface area contributed by atoms with Crippen LogP contribution in [-0.4, -0.2) is 28.8 Å². The number of aliphatic hydroxyl groups excluding tert-OH is 1. The molecule has 0 aliphatic heterocycles. The van der Waals surface area contributed by atoms with Gasteiger partial charge in [-0.15, -0.1) is 11.3 Å². The summed E-state index contributed by atoms with van der Waals surface area (Å²) in [5.74, 6) is 0.412. The van der Waals surface area contributed by atoms with Crippen LogP contribution in [0.25, 0.3) is 0 Å². The number of nitrogens with one attached hydrogen (secondary N) is 2. The molecule has 1 aromatic rings. The van der Waals surface area contributed by atoms with E-state index in [1.165, 1.54) is 11.3 Å². The molecule has 19 heavy (non-hydrogen) atoms. The summed E-state index contributed by atoms with van der Waals surface area (Å²) in [6, 6.07) is -0.319. The molecule has 5 nitrogen and oxygen atoms in total. The van der Waals surface area contributed by atoms with Crippen molar-refractivity contribution in [2.24, 2.45) is 5.92 Å². The maximum Gasteiger partial charge on any atom is 0.321 e. The Morgan fingerprint density at radius 3 is 2.89 bits per heavy atom. The third kappa shape index (κ3) is 6.54. The third-order valence-electron chi connectivity index (χ3n) is 2.51. The molecule has 1 aromatic heterocycles. The molecule has 0 fully saturated rings. The van der Waals surface area contributed by atoms with Crippen LogP contribution >= 0.6 is 11.3 Å². The number of aromatic nitrogens is 1. The van der Waals surface area contributed by atoms with Gasteiger partial charge in [0.25, 0.3) is 0 Å². The van der Waals surface area contributed by atoms with E-state index in [9.17, 15) is 9.90 Å². The van der Waals surface area contributed by atoms with E-state index in [4.69, 9.17) is 0 Å². The summed E-state index contributed by atoms with van der Waals surface area (Å²) in [5, 5.41) is 15.6. The smallest absolute Gasteiger partial charge is 0.321 e. The van der Waals surface area contributed by atoms with Gasteiger partial charge in [-0.1, -0.05) is 27.2 Å². The first-order valence-electron chi connectivity index (χ1n) is 6.68. The second kappa shape index (κ2) is 8.12. The molecular weight excluding hydrogens is 262 g/mol. The summed E-state index contributed by atoms with van der Waals surface area (Å²) in [6.45, 7) is 6.44. The van der Waals surface area contributed by atoms with Crippen molar-refractivity contribution in [1.82, 2.24) is 10.3 Å². The SMILES string of the molecule is CCCc1cnc(NC(=O)NCC(O)CC(C)C)s1. The fourth-order valence-corrected chi connectivity index (χ4v) is 2.62. The number of amides is 2. The number of hydrogen-bond acceptors (Lipinski definition) is 4. The average Bonchev–Trinajstić information content (AvgIpc) is 2.73. The lowest BCUT2D eigenvalue weighted by molar-refractivity contribution is 0.148. The van der Waals surface area contributed by atoms with Crippen LogP contribution in [0.4, 0.5) is 9.93 Å². The lowest BCUT2D eigenvalue weighted by Crippen LogP contribution is -2.35. The lowest BCUT2D eigenvalue weighted by Gasteiger charge is -2.13. The molecule has 0 aliphatic rings. The summed E-state index contributed by atoms with van der Waals surface area (Å²) in [4.78, 5) is 16.9. The summed E-state index contributed by atoms with van der Waals surface area (Å²) < 4.78 is 0. The number of urea groups is 1. The average molecular weight is 285 g/mol. The van der Waals surface area contributed by atoms with Crippen molar-refractivity contribution in [2.75, 3.05) is 11.9 Å². The van der Waals surface area contributed by atoms with Crippen LogP contribution in [0, 0.1) is 5.92 Å². The summed E-state index contributed by atoms with van der Waals surface area (Å²) >= 11 is 1.49. The van der Waals surface area contributed by atoms with E-state index in [0.29, 0.717) is 17.5 Å². The molecule has 1 unspecified atom stereocenters. The van der Waals surface area contributed by atoms with Gasteiger partial charge in [0.15, 0.2) is 5.13 Å². The minimum absolute atomic E-state index is 0.261. The number of carbonyl (C=O) groups excluding carboxylic acids is 1. The van der Waals surface area contributed by atoms with Crippen molar-refractivity contribution in [3.63, 3.8) is 0 Å². The normalized spacial score (nSPS) is 12.5. The second-order valence-electron chi connectivity index (χ2n) is 5.00. The van der Waals surface area contributed by atoms with Crippen LogP contribution in [-0.2, 0) is 6.42 Å². The molecule has 0 saturated carbocycles. The zero-order chi connectivity index (χ0) is 14.3. The van der Waals surface area contributed by atoms with Gasteiger partial charge >= 0.3 is 6.03 Å². The van der Waals surface area contributed by atoms with Crippen LogP contribution in [0.1, 0.15) is 38.5 Å². The van der Waals surface area contributed by atoms with Crippen molar-refractivity contribution < 1.29 is 9.90 Å². The number of nitrogens with zero attached hydrogens (tertiary/aromatic N) is 1. The van der Waals surface area contributed by atoms with E-state index in [-0.39, 0.29) is 12.6 Å². The number of rotatable bonds is 7. The van der Waals surface area contributed by atoms with Crippen molar-refractivity contribution >= 4 is 22.5 Å². The maximum atomic E-state index is 11.6. The minimum atomic E-state index is -0.502. The van der Waals surface area contributed by atoms with Crippen LogP contribution in [0.2, 0.25) is 0 Å². The molecule has 0 bridgehead atoms. The number of aliphatic hydroxyl groups is 1. The third-order valence-corrected chi connectivity index (χ3v) is 3.48. The molecule has 0 radical (unpaired) electrons. The number of carbonyl (C=O) groups is 1. The standard InChI is InChI=1S/C13H23N3O2S/c1-4-5-11-8-15-13(19-11)16-12(18)14-7-10(17)6-9(2)3/h8-10,17H,4-7H2,1-3H3,(H2,14,15,16,18). The molecule has 0 aromatic carbocycles. The molecule has 1 heterocycles. The molecule has 108 valence electrons. The second-order valence-corrected chi connectivity index (χ2v) is 6.12. The highest BCUT2D eigenvalue weighted by Crippen LogP contribution is 2.19. The first kappa shape index (κ1) is 15.9. The van der Waals surface area contributed by atoms with Crippen LogP contribution in [0.3, 0.4) is 0 Å². The quantitative estimate of drug-likeness (QED) is 0.721. The fourth-order valence-electron chi connectivity index (χ4n) is 1.71. The Kier molecular flexibility index (Phi) is 6.80. The molecule has 1 rings (SSSR count). The maximum absolute atomic E-state index is 11.6. The van der Waals surface area contributed by atoms with Gasteiger partial charge in [-0.05, 0) is 18.8 Å². The Balaban J connectivity index is 2.30. The predicted molar refractivity (Wildman–Crippen MR) is 78.6 cm³/mol. The summed E-state index contributed by atoms with van der Waals surface area (Å²) in [6.07, 6.45) is 4.01. The lowest BCUT2D eigenvalue weighted by atomic mass is 10.1. The van der Waals surface area contributed by atoms with Crippen LogP contribution < -0.4 is 10.6 Å². The van der Waals surface area contributed by atoms with Gasteiger partial charge in [-0.25, -0.2) is 9.78 Å². The van der Waals surface area contributed by atoms with Gasteiger partial charge in [0.2, 0.25) is 0 Å². The van der Waals surface area contributed by atoms with Gasteiger partial charge in [0, 0.05) is 17.6 Å². The van der Waals surface area contributed by atoms with Crippen molar-refractivity contribution in [2.45, 2.75) is 46.1 Å². The first-order valence-corrected chi connectivity index (χ1v) is 7.50. The molecule has 0 aliphatic carbocycles. The highest BCUT2D eigenvalue weighted by Gasteiger charge is 2.10. The van der Waals surface area contributed by atoms with E-state index in [2.05, 4.69) is 22.5 Å². The molecule has 0 spiro atoms. The molecule has 0 saturated heterocycles. The monoisotopic (exact) mass is 285 g/mol. The van der Waals surface area contributed by atoms with Crippen molar-refractivity contribution in [3.8, 4) is 0 Å². The zero-order valence-corrected chi connectivity index (χ0v) is 12.6. The molecule has 3 N–H and O–H groups in total. The first-order chi connectivity index (χ1) is 9.01. The predicted octanol–water partition coefficient (Wildman–Crippen LogP) is 2.62. The van der Waals surface area contributed by atoms with E-state index < -0.39 is 6.10 Å². The van der Waals surface area contributed by atoms with Gasteiger partial charge < -0.3 is 10.4 Å². The Bertz CT molecular complexity index is 393. The van der Waals surface area contributed by atoms with Crippen LogP contribution in [0.5, 0.6) is 0 Å². The Labute approximate surface area is 118 Å². The number of anilines is 1. The Morgan fingerprint density at radius 2 is 2.26 bits per heavy atom. The minimum Gasteiger partial charge on any atom is -0.391 e. The number of thiazole rings is 1. The number of hydrogen-bond donors (Lipinski definition) is 3. The summed E-state index contributed by atoms with van der Waals surface area (Å²) in [5.41, 5.74) is 0. The van der Waals surface area contributed by atoms with Crippen molar-refractivity contribution in [1.29, 1.82) is 0 Å². The number of aryl methyl sites for hydroxylation is 1. The van der Waals surface area contributed by atoms with Gasteiger partial charge in [-0.2, -0.15) is 0 Å². The molecule has 1 atom stereocenters. The van der Waals surface area contributed by atoms with E-state index in [1.54, 1.807) is 6.20 Å². The van der Waals surface area contributed by atoms with Gasteiger partial charge in [0.05, 0.1) is 6.10 Å². The molecule has 2 amide bonds. The topological polar surface area (TPSA) is 74.2 Å². The summed E-state index contributed by atoms with van der Waals surface area (Å²) in [7, 11) is 0. The van der Waals surface area contributed by atoms with Gasteiger partial charge in [-0.3, -0.25) is 5.32 Å². The van der Waals surface area contributed by atoms with Crippen molar-refractivity contribution in [3.05, 3.63) is 11.1 Å². The Hall–Kier alpha value is -1.14. The molecular formula is C13H23N3O2S. The highest BCUT2D eigenvalue weighted by molar-refractivity contribution is 7.15. The van der Waals surface area contributed by atoms with E-state index in [1.807, 2.05) is 13.8 Å². The highest BCUT2D eigenvalue weighted by atomic mass is 32.1. The van der Waals surface area contributed by atoms with E-state index >= 15 is 0 Å². The van der Waals surface area contributed by atoms with Gasteiger partial charge in [0.1, 0.15) is 0 Å². The van der Waals surface area contributed by atoms with Crippen LogP contribution in [0.15, 0.2) is 6.20 Å². The largest absolute Gasteiger partial charge is 0.391 e. The van der Waals surface area contributed by atoms with E-state index in [0.717, 1.165) is 17.7 Å². The Morgan fingerprint density at radius 1 is 1.53 bits per heavy atom. The zero-order valence-electron chi connectivity index (χ0n) is 11.8. The molecule has 6 heteroatoms. The fraction of sp³-hybridized carbons (Fsp3) is 0.692.